The molecule has 0 unspecified atom stereocenters. The molecule has 1 aliphatic heterocycles. The molecule has 0 N–H and O–H groups in total. The zero-order valence-corrected chi connectivity index (χ0v) is 10.5. The van der Waals surface area contributed by atoms with Crippen molar-refractivity contribution in [2.24, 2.45) is 0 Å². The van der Waals surface area contributed by atoms with E-state index in [4.69, 9.17) is 0 Å². The van der Waals surface area contributed by atoms with Gasteiger partial charge in [0.25, 0.3) is 0 Å². The smallest absolute Gasteiger partial charge is 0.0184 e. The highest BCUT2D eigenvalue weighted by molar-refractivity contribution is 5.90. The largest absolute Gasteiger partial charge is 0.375 e. The zero-order chi connectivity index (χ0) is 11.9. The lowest BCUT2D eigenvalue weighted by Crippen LogP contribution is -2.18. The van der Waals surface area contributed by atoms with E-state index >= 15 is 0 Å². The van der Waals surface area contributed by atoms with Crippen molar-refractivity contribution in [3.63, 3.8) is 0 Å². The van der Waals surface area contributed by atoms with Crippen LogP contribution in [0.3, 0.4) is 0 Å². The SMILES string of the molecule is C1=C(N2CCCC2)Cc2c1ccc1ccccc21. The van der Waals surface area contributed by atoms with Crippen molar-refractivity contribution in [3.05, 3.63) is 53.2 Å². The molecule has 0 spiro atoms. The lowest BCUT2D eigenvalue weighted by atomic mass is 10.0. The monoisotopic (exact) mass is 235 g/mol. The van der Waals surface area contributed by atoms with Crippen LogP contribution in [0.15, 0.2) is 42.1 Å². The topological polar surface area (TPSA) is 3.24 Å². The highest BCUT2D eigenvalue weighted by Gasteiger charge is 2.21. The van der Waals surface area contributed by atoms with E-state index < -0.39 is 0 Å². The van der Waals surface area contributed by atoms with Gasteiger partial charge in [0.2, 0.25) is 0 Å². The molecule has 4 rings (SSSR count). The minimum absolute atomic E-state index is 1.12. The zero-order valence-electron chi connectivity index (χ0n) is 10.5. The predicted molar refractivity (Wildman–Crippen MR) is 76.4 cm³/mol. The third kappa shape index (κ3) is 1.47. The molecule has 2 aromatic rings. The normalized spacial score (nSPS) is 18.2. The molecule has 0 amide bonds. The minimum atomic E-state index is 1.12. The van der Waals surface area contributed by atoms with Crippen molar-refractivity contribution in [1.82, 2.24) is 4.90 Å². The molecule has 0 aromatic heterocycles. The van der Waals surface area contributed by atoms with Crippen LogP contribution in [0.2, 0.25) is 0 Å². The Hall–Kier alpha value is -1.76. The van der Waals surface area contributed by atoms with Crippen LogP contribution in [0, 0.1) is 0 Å². The number of fused-ring (bicyclic) bond motifs is 3. The van der Waals surface area contributed by atoms with Gasteiger partial charge < -0.3 is 4.90 Å². The summed E-state index contributed by atoms with van der Waals surface area (Å²) in [5.41, 5.74) is 4.48. The maximum Gasteiger partial charge on any atom is 0.0184 e. The van der Waals surface area contributed by atoms with Crippen molar-refractivity contribution in [3.8, 4) is 0 Å². The Morgan fingerprint density at radius 1 is 0.889 bits per heavy atom. The molecular weight excluding hydrogens is 218 g/mol. The Labute approximate surface area is 108 Å². The van der Waals surface area contributed by atoms with Gasteiger partial charge in [-0.1, -0.05) is 36.4 Å². The highest BCUT2D eigenvalue weighted by atomic mass is 15.1. The van der Waals surface area contributed by atoms with Gasteiger partial charge in [-0.3, -0.25) is 0 Å². The summed E-state index contributed by atoms with van der Waals surface area (Å²) in [4.78, 5) is 2.56. The maximum atomic E-state index is 2.56. The fourth-order valence-electron chi connectivity index (χ4n) is 3.30. The summed E-state index contributed by atoms with van der Waals surface area (Å²) in [6, 6.07) is 13.3. The first-order valence-corrected chi connectivity index (χ1v) is 6.88. The Balaban J connectivity index is 1.79. The van der Waals surface area contributed by atoms with Gasteiger partial charge in [-0.15, -0.1) is 0 Å². The van der Waals surface area contributed by atoms with Gasteiger partial charge >= 0.3 is 0 Å². The summed E-state index contributed by atoms with van der Waals surface area (Å²) >= 11 is 0. The second-order valence-corrected chi connectivity index (χ2v) is 5.36. The number of hydrogen-bond acceptors (Lipinski definition) is 1. The van der Waals surface area contributed by atoms with E-state index in [1.165, 1.54) is 53.5 Å². The number of rotatable bonds is 1. The van der Waals surface area contributed by atoms with E-state index in [-0.39, 0.29) is 0 Å². The molecule has 0 bridgehead atoms. The van der Waals surface area contributed by atoms with E-state index in [0.29, 0.717) is 0 Å². The molecule has 2 aliphatic rings. The molecule has 90 valence electrons. The molecule has 18 heavy (non-hydrogen) atoms. The van der Waals surface area contributed by atoms with E-state index in [1.54, 1.807) is 0 Å². The van der Waals surface area contributed by atoms with Crippen LogP contribution in [0.4, 0.5) is 0 Å². The van der Waals surface area contributed by atoms with Crippen molar-refractivity contribution in [2.75, 3.05) is 13.1 Å². The van der Waals surface area contributed by atoms with Crippen LogP contribution in [0.1, 0.15) is 24.0 Å². The number of hydrogen-bond donors (Lipinski definition) is 0. The maximum absolute atomic E-state index is 2.56. The van der Waals surface area contributed by atoms with Crippen LogP contribution in [-0.2, 0) is 6.42 Å². The number of allylic oxidation sites excluding steroid dienone is 1. The fourth-order valence-corrected chi connectivity index (χ4v) is 3.30. The predicted octanol–water partition coefficient (Wildman–Crippen LogP) is 3.83. The van der Waals surface area contributed by atoms with Gasteiger partial charge in [-0.2, -0.15) is 0 Å². The summed E-state index contributed by atoms with van der Waals surface area (Å²) < 4.78 is 0. The summed E-state index contributed by atoms with van der Waals surface area (Å²) in [6.45, 7) is 2.50. The highest BCUT2D eigenvalue weighted by Crippen LogP contribution is 2.34. The molecule has 1 nitrogen and oxygen atoms in total. The van der Waals surface area contributed by atoms with Crippen LogP contribution < -0.4 is 0 Å². The van der Waals surface area contributed by atoms with Gasteiger partial charge in [0.1, 0.15) is 0 Å². The number of nitrogens with zero attached hydrogens (tertiary/aromatic N) is 1. The first kappa shape index (κ1) is 10.2. The Morgan fingerprint density at radius 2 is 1.72 bits per heavy atom. The van der Waals surface area contributed by atoms with Crippen molar-refractivity contribution >= 4 is 16.8 Å². The van der Waals surface area contributed by atoms with Crippen LogP contribution >= 0.6 is 0 Å². The number of likely N-dealkylation sites (tertiary alicyclic amines) is 1. The Morgan fingerprint density at radius 3 is 2.61 bits per heavy atom. The van der Waals surface area contributed by atoms with Gasteiger partial charge in [-0.25, -0.2) is 0 Å². The van der Waals surface area contributed by atoms with E-state index in [1.807, 2.05) is 0 Å². The molecular formula is C17H17N. The third-order valence-electron chi connectivity index (χ3n) is 4.27. The van der Waals surface area contributed by atoms with Crippen LogP contribution in [-0.4, -0.2) is 18.0 Å². The summed E-state index contributed by atoms with van der Waals surface area (Å²) in [6.07, 6.45) is 6.23. The quantitative estimate of drug-likeness (QED) is 0.726. The molecule has 1 heteroatoms. The van der Waals surface area contributed by atoms with Crippen LogP contribution in [0.25, 0.3) is 16.8 Å². The lowest BCUT2D eigenvalue weighted by Gasteiger charge is -2.18. The van der Waals surface area contributed by atoms with Gasteiger partial charge in [0, 0.05) is 25.2 Å². The average Bonchev–Trinajstić information content (AvgIpc) is 3.07. The number of benzene rings is 2. The minimum Gasteiger partial charge on any atom is -0.375 e. The third-order valence-corrected chi connectivity index (χ3v) is 4.27. The molecule has 1 aliphatic carbocycles. The standard InChI is InChI=1S/C17H17N/c1-2-6-16-13(5-1)7-8-14-11-15(12-17(14)16)18-9-3-4-10-18/h1-2,5-8,11H,3-4,9-10,12H2. The average molecular weight is 235 g/mol. The van der Waals surface area contributed by atoms with Crippen molar-refractivity contribution in [2.45, 2.75) is 19.3 Å². The summed E-state index contributed by atoms with van der Waals surface area (Å²) in [5, 5.41) is 2.80. The lowest BCUT2D eigenvalue weighted by molar-refractivity contribution is 0.423. The van der Waals surface area contributed by atoms with Gasteiger partial charge in [0.15, 0.2) is 0 Å². The molecule has 0 radical (unpaired) electrons. The second-order valence-electron chi connectivity index (χ2n) is 5.36. The van der Waals surface area contributed by atoms with E-state index in [2.05, 4.69) is 47.4 Å². The van der Waals surface area contributed by atoms with Gasteiger partial charge in [-0.05, 0) is 40.8 Å². The summed E-state index contributed by atoms with van der Waals surface area (Å²) in [7, 11) is 0. The first-order valence-electron chi connectivity index (χ1n) is 6.88. The molecule has 1 heterocycles. The van der Waals surface area contributed by atoms with Gasteiger partial charge in [0.05, 0.1) is 0 Å². The molecule has 2 aromatic carbocycles. The van der Waals surface area contributed by atoms with Crippen molar-refractivity contribution < 1.29 is 0 Å². The fraction of sp³-hybridized carbons (Fsp3) is 0.294. The summed E-state index contributed by atoms with van der Waals surface area (Å²) in [5.74, 6) is 0. The molecule has 1 fully saturated rings. The van der Waals surface area contributed by atoms with E-state index in [9.17, 15) is 0 Å². The Bertz CT molecular complexity index is 633. The van der Waals surface area contributed by atoms with E-state index in [0.717, 1.165) is 6.42 Å². The van der Waals surface area contributed by atoms with Crippen molar-refractivity contribution in [1.29, 1.82) is 0 Å². The Kier molecular flexibility index (Phi) is 2.19. The molecule has 1 saturated heterocycles. The second kappa shape index (κ2) is 3.88. The van der Waals surface area contributed by atoms with Crippen LogP contribution in [0.5, 0.6) is 0 Å². The molecule has 0 saturated carbocycles. The first-order chi connectivity index (χ1) is 8.92. The molecule has 0 atom stereocenters.